The van der Waals surface area contributed by atoms with Gasteiger partial charge in [-0.15, -0.1) is 0 Å². The van der Waals surface area contributed by atoms with Gasteiger partial charge in [0.2, 0.25) is 15.9 Å². The summed E-state index contributed by atoms with van der Waals surface area (Å²) < 4.78 is 59.3. The minimum Gasteiger partial charge on any atom is -0.497 e. The van der Waals surface area contributed by atoms with Crippen molar-refractivity contribution in [2.24, 2.45) is 0 Å². The number of nitrogens with zero attached hydrogens (tertiary/aromatic N) is 2. The molecule has 1 amide bonds. The van der Waals surface area contributed by atoms with Crippen molar-refractivity contribution in [2.45, 2.75) is 16.7 Å². The molecule has 1 atom stereocenters. The lowest BCUT2D eigenvalue weighted by Gasteiger charge is -2.23. The first-order chi connectivity index (χ1) is 13.2. The van der Waals surface area contributed by atoms with Crippen LogP contribution in [-0.2, 0) is 20.2 Å². The molecule has 2 aliphatic rings. The highest BCUT2D eigenvalue weighted by Crippen LogP contribution is 2.48. The molecule has 6 nitrogen and oxygen atoms in total. The number of hydrogen-bond donors (Lipinski definition) is 0. The third kappa shape index (κ3) is 2.61. The molecule has 148 valence electrons. The molecule has 1 saturated heterocycles. The van der Waals surface area contributed by atoms with Gasteiger partial charge in [-0.1, -0.05) is 0 Å². The maximum absolute atomic E-state index is 13.5. The Labute approximate surface area is 161 Å². The van der Waals surface area contributed by atoms with Crippen LogP contribution >= 0.6 is 0 Å². The van der Waals surface area contributed by atoms with Crippen LogP contribution in [0.3, 0.4) is 0 Å². The summed E-state index contributed by atoms with van der Waals surface area (Å²) in [5.41, 5.74) is 0.349. The highest BCUT2D eigenvalue weighted by molar-refractivity contribution is 7.89. The zero-order chi connectivity index (χ0) is 20.3. The van der Waals surface area contributed by atoms with Crippen LogP contribution in [0.15, 0.2) is 41.3 Å². The van der Waals surface area contributed by atoms with Crippen LogP contribution in [0.25, 0.3) is 0 Å². The van der Waals surface area contributed by atoms with E-state index in [0.29, 0.717) is 23.1 Å². The Morgan fingerprint density at radius 1 is 1.11 bits per heavy atom. The monoisotopic (exact) mass is 408 g/mol. The fourth-order valence-electron chi connectivity index (χ4n) is 4.06. The topological polar surface area (TPSA) is 66.9 Å². The number of ether oxygens (including phenoxy) is 1. The normalized spacial score (nSPS) is 22.1. The molecule has 1 spiro atoms. The van der Waals surface area contributed by atoms with Crippen molar-refractivity contribution < 1.29 is 26.7 Å². The van der Waals surface area contributed by atoms with Crippen LogP contribution in [0.5, 0.6) is 5.75 Å². The molecule has 2 heterocycles. The number of likely N-dealkylation sites (N-methyl/N-ethyl adjacent to an activating group) is 1. The SMILES string of the molecule is COc1ccc2c(c1)[C@]1(CCN(S(=O)(=O)c3cc(F)cc(F)c3)C1)C(=O)N2C. The molecule has 28 heavy (non-hydrogen) atoms. The minimum atomic E-state index is -4.15. The van der Waals surface area contributed by atoms with Gasteiger partial charge in [0.1, 0.15) is 17.4 Å². The predicted molar refractivity (Wildman–Crippen MR) is 97.8 cm³/mol. The highest BCUT2D eigenvalue weighted by atomic mass is 32.2. The molecule has 0 bridgehead atoms. The van der Waals surface area contributed by atoms with E-state index in [-0.39, 0.29) is 25.4 Å². The van der Waals surface area contributed by atoms with E-state index in [4.69, 9.17) is 4.74 Å². The predicted octanol–water partition coefficient (Wildman–Crippen LogP) is 2.28. The number of carbonyl (C=O) groups is 1. The van der Waals surface area contributed by atoms with Crippen LogP contribution in [0, 0.1) is 11.6 Å². The van der Waals surface area contributed by atoms with Gasteiger partial charge >= 0.3 is 0 Å². The molecule has 0 N–H and O–H groups in total. The maximum Gasteiger partial charge on any atom is 0.243 e. The van der Waals surface area contributed by atoms with E-state index < -0.39 is 32.0 Å². The van der Waals surface area contributed by atoms with E-state index in [1.54, 1.807) is 25.2 Å². The summed E-state index contributed by atoms with van der Waals surface area (Å²) in [6, 6.07) is 7.42. The molecule has 1 fully saturated rings. The van der Waals surface area contributed by atoms with Crippen molar-refractivity contribution in [3.05, 3.63) is 53.6 Å². The van der Waals surface area contributed by atoms with E-state index in [0.717, 1.165) is 16.4 Å². The van der Waals surface area contributed by atoms with Crippen molar-refractivity contribution in [3.8, 4) is 5.75 Å². The van der Waals surface area contributed by atoms with Crippen LogP contribution in [0.2, 0.25) is 0 Å². The average Bonchev–Trinajstić information content (AvgIpc) is 3.19. The fraction of sp³-hybridized carbons (Fsp3) is 0.316. The Bertz CT molecular complexity index is 1070. The van der Waals surface area contributed by atoms with Gasteiger partial charge in [-0.25, -0.2) is 17.2 Å². The number of halogens is 2. The van der Waals surface area contributed by atoms with Crippen molar-refractivity contribution in [1.82, 2.24) is 4.31 Å². The number of benzene rings is 2. The quantitative estimate of drug-likeness (QED) is 0.782. The van der Waals surface area contributed by atoms with Crippen molar-refractivity contribution in [2.75, 3.05) is 32.1 Å². The summed E-state index contributed by atoms with van der Waals surface area (Å²) in [5.74, 6) is -1.59. The van der Waals surface area contributed by atoms with Gasteiger partial charge in [-0.3, -0.25) is 4.79 Å². The lowest BCUT2D eigenvalue weighted by atomic mass is 9.81. The lowest BCUT2D eigenvalue weighted by Crippen LogP contribution is -2.42. The Morgan fingerprint density at radius 2 is 1.79 bits per heavy atom. The smallest absolute Gasteiger partial charge is 0.243 e. The molecule has 9 heteroatoms. The van der Waals surface area contributed by atoms with Crippen molar-refractivity contribution in [3.63, 3.8) is 0 Å². The van der Waals surface area contributed by atoms with Gasteiger partial charge in [-0.2, -0.15) is 4.31 Å². The first-order valence-corrected chi connectivity index (χ1v) is 10.1. The minimum absolute atomic E-state index is 0.0662. The number of carbonyl (C=O) groups excluding carboxylic acids is 1. The summed E-state index contributed by atoms with van der Waals surface area (Å²) >= 11 is 0. The number of amides is 1. The summed E-state index contributed by atoms with van der Waals surface area (Å²) in [6.07, 6.45) is 0.271. The van der Waals surface area contributed by atoms with E-state index in [1.165, 1.54) is 12.0 Å². The zero-order valence-corrected chi connectivity index (χ0v) is 16.1. The molecule has 2 aliphatic heterocycles. The average molecular weight is 408 g/mol. The Kier molecular flexibility index (Phi) is 4.20. The van der Waals surface area contributed by atoms with Crippen LogP contribution in [-0.4, -0.2) is 45.9 Å². The molecular formula is C19H18F2N2O4S. The molecule has 0 aliphatic carbocycles. The molecule has 0 radical (unpaired) electrons. The summed E-state index contributed by atoms with van der Waals surface area (Å²) in [7, 11) is -1.00. The van der Waals surface area contributed by atoms with E-state index in [1.807, 2.05) is 0 Å². The van der Waals surface area contributed by atoms with Crippen molar-refractivity contribution in [1.29, 1.82) is 0 Å². The van der Waals surface area contributed by atoms with Crippen LogP contribution < -0.4 is 9.64 Å². The van der Waals surface area contributed by atoms with E-state index >= 15 is 0 Å². The second-order valence-electron chi connectivity index (χ2n) is 7.02. The molecular weight excluding hydrogens is 390 g/mol. The number of anilines is 1. The highest BCUT2D eigenvalue weighted by Gasteiger charge is 2.55. The Hall–Kier alpha value is -2.52. The largest absolute Gasteiger partial charge is 0.497 e. The van der Waals surface area contributed by atoms with Gasteiger partial charge in [-0.05, 0) is 42.3 Å². The second-order valence-corrected chi connectivity index (χ2v) is 8.96. The van der Waals surface area contributed by atoms with Crippen LogP contribution in [0.4, 0.5) is 14.5 Å². The Morgan fingerprint density at radius 3 is 2.43 bits per heavy atom. The lowest BCUT2D eigenvalue weighted by molar-refractivity contribution is -0.122. The summed E-state index contributed by atoms with van der Waals surface area (Å²) in [4.78, 5) is 14.1. The summed E-state index contributed by atoms with van der Waals surface area (Å²) in [5, 5.41) is 0. The van der Waals surface area contributed by atoms with Gasteiger partial charge in [0.05, 0.1) is 17.4 Å². The number of methoxy groups -OCH3 is 1. The van der Waals surface area contributed by atoms with E-state index in [9.17, 15) is 22.0 Å². The third-order valence-corrected chi connectivity index (χ3v) is 7.33. The van der Waals surface area contributed by atoms with Gasteiger partial charge in [0, 0.05) is 31.9 Å². The summed E-state index contributed by atoms with van der Waals surface area (Å²) in [6.45, 7) is -0.0342. The first kappa shape index (κ1) is 18.8. The van der Waals surface area contributed by atoms with Crippen molar-refractivity contribution >= 4 is 21.6 Å². The Balaban J connectivity index is 1.75. The molecule has 0 saturated carbocycles. The number of rotatable bonds is 3. The number of sulfonamides is 1. The molecule has 4 rings (SSSR count). The maximum atomic E-state index is 13.5. The molecule has 0 unspecified atom stereocenters. The zero-order valence-electron chi connectivity index (χ0n) is 15.3. The number of hydrogen-bond acceptors (Lipinski definition) is 4. The third-order valence-electron chi connectivity index (χ3n) is 5.50. The molecule has 0 aromatic heterocycles. The van der Waals surface area contributed by atoms with Gasteiger partial charge in [0.25, 0.3) is 0 Å². The fourth-order valence-corrected chi connectivity index (χ4v) is 5.61. The van der Waals surface area contributed by atoms with Gasteiger partial charge < -0.3 is 9.64 Å². The molecule has 2 aromatic rings. The molecule has 2 aromatic carbocycles. The number of fused-ring (bicyclic) bond motifs is 2. The second kappa shape index (κ2) is 6.25. The van der Waals surface area contributed by atoms with Gasteiger partial charge in [0.15, 0.2) is 0 Å². The first-order valence-electron chi connectivity index (χ1n) is 8.62. The van der Waals surface area contributed by atoms with E-state index in [2.05, 4.69) is 0 Å². The van der Waals surface area contributed by atoms with Crippen LogP contribution in [0.1, 0.15) is 12.0 Å². The standard InChI is InChI=1S/C19H18F2N2O4S/c1-22-17-4-3-14(27-2)10-16(17)19(18(22)24)5-6-23(11-19)28(25,26)15-8-12(20)7-13(21)9-15/h3-4,7-10H,5-6,11H2,1-2H3/t19-/m1/s1.